The maximum Gasteiger partial charge on any atom is 0.296 e. The van der Waals surface area contributed by atoms with Crippen molar-refractivity contribution in [2.45, 2.75) is 0 Å². The van der Waals surface area contributed by atoms with Gasteiger partial charge in [0.15, 0.2) is 0 Å². The molecule has 21 heavy (non-hydrogen) atoms. The van der Waals surface area contributed by atoms with Crippen LogP contribution in [0.3, 0.4) is 0 Å². The zero-order valence-corrected chi connectivity index (χ0v) is 11.4. The number of rotatable bonds is 3. The molecule has 1 fully saturated rings. The molecule has 1 aromatic rings. The SMILES string of the molecule is O=C1Nc2cc(N3CCN(CCO)CC3)c(F)cc2C1=O. The Morgan fingerprint density at radius 3 is 2.57 bits per heavy atom. The lowest BCUT2D eigenvalue weighted by Gasteiger charge is -2.36. The summed E-state index contributed by atoms with van der Waals surface area (Å²) in [5.41, 5.74) is 0.867. The second-order valence-corrected chi connectivity index (χ2v) is 5.18. The maximum absolute atomic E-state index is 14.2. The van der Waals surface area contributed by atoms with E-state index in [0.29, 0.717) is 31.0 Å². The number of carbonyl (C=O) groups excluding carboxylic acids is 2. The first-order valence-corrected chi connectivity index (χ1v) is 6.87. The summed E-state index contributed by atoms with van der Waals surface area (Å²) in [6, 6.07) is 2.65. The number of anilines is 2. The lowest BCUT2D eigenvalue weighted by molar-refractivity contribution is -0.112. The van der Waals surface area contributed by atoms with Gasteiger partial charge in [0, 0.05) is 32.7 Å². The van der Waals surface area contributed by atoms with Crippen molar-refractivity contribution in [1.82, 2.24) is 4.90 Å². The van der Waals surface area contributed by atoms with Crippen molar-refractivity contribution >= 4 is 23.1 Å². The van der Waals surface area contributed by atoms with Crippen LogP contribution in [0.25, 0.3) is 0 Å². The van der Waals surface area contributed by atoms with Gasteiger partial charge in [-0.2, -0.15) is 0 Å². The van der Waals surface area contributed by atoms with E-state index in [2.05, 4.69) is 10.2 Å². The Labute approximate surface area is 121 Å². The molecule has 0 radical (unpaired) electrons. The minimum Gasteiger partial charge on any atom is -0.395 e. The fraction of sp³-hybridized carbons (Fsp3) is 0.429. The van der Waals surface area contributed by atoms with Crippen molar-refractivity contribution in [3.05, 3.63) is 23.5 Å². The van der Waals surface area contributed by atoms with Crippen molar-refractivity contribution in [3.63, 3.8) is 0 Å². The predicted octanol–water partition coefficient (Wildman–Crippen LogP) is 0.0748. The minimum atomic E-state index is -0.714. The number of nitrogens with zero attached hydrogens (tertiary/aromatic N) is 2. The molecule has 1 amide bonds. The van der Waals surface area contributed by atoms with E-state index in [0.717, 1.165) is 19.2 Å². The number of aliphatic hydroxyl groups excluding tert-OH is 1. The molecule has 0 spiro atoms. The average molecular weight is 293 g/mol. The van der Waals surface area contributed by atoms with Crippen molar-refractivity contribution in [1.29, 1.82) is 0 Å². The van der Waals surface area contributed by atoms with E-state index in [4.69, 9.17) is 5.11 Å². The van der Waals surface area contributed by atoms with Crippen LogP contribution in [0.4, 0.5) is 15.8 Å². The third-order valence-corrected chi connectivity index (χ3v) is 3.92. The van der Waals surface area contributed by atoms with Gasteiger partial charge in [0.1, 0.15) is 5.82 Å². The van der Waals surface area contributed by atoms with Gasteiger partial charge >= 0.3 is 0 Å². The van der Waals surface area contributed by atoms with Gasteiger partial charge in [-0.3, -0.25) is 14.5 Å². The number of hydrogen-bond donors (Lipinski definition) is 2. The van der Waals surface area contributed by atoms with E-state index in [-0.39, 0.29) is 12.2 Å². The molecule has 2 N–H and O–H groups in total. The number of piperazine rings is 1. The molecule has 0 unspecified atom stereocenters. The second-order valence-electron chi connectivity index (χ2n) is 5.18. The summed E-state index contributed by atoms with van der Waals surface area (Å²) < 4.78 is 14.2. The molecule has 3 rings (SSSR count). The number of fused-ring (bicyclic) bond motifs is 1. The summed E-state index contributed by atoms with van der Waals surface area (Å²) in [7, 11) is 0. The first-order chi connectivity index (χ1) is 10.1. The van der Waals surface area contributed by atoms with Crippen LogP contribution in [0.2, 0.25) is 0 Å². The first-order valence-electron chi connectivity index (χ1n) is 6.87. The number of Topliss-reactive ketones (excluding diaryl/α,β-unsaturated/α-hetero) is 1. The monoisotopic (exact) mass is 293 g/mol. The Balaban J connectivity index is 1.80. The summed E-state index contributed by atoms with van der Waals surface area (Å²) in [6.45, 7) is 3.48. The molecule has 2 heterocycles. The molecule has 2 aliphatic rings. The number of aliphatic hydroxyl groups is 1. The van der Waals surface area contributed by atoms with Gasteiger partial charge in [-0.1, -0.05) is 0 Å². The average Bonchev–Trinajstić information content (AvgIpc) is 2.75. The van der Waals surface area contributed by atoms with Crippen molar-refractivity contribution < 1.29 is 19.1 Å². The minimum absolute atomic E-state index is 0.0974. The van der Waals surface area contributed by atoms with Crippen LogP contribution in [-0.4, -0.2) is 61.0 Å². The van der Waals surface area contributed by atoms with Gasteiger partial charge in [0.25, 0.3) is 11.7 Å². The molecule has 0 aromatic heterocycles. The van der Waals surface area contributed by atoms with Crippen LogP contribution < -0.4 is 10.2 Å². The quantitative estimate of drug-likeness (QED) is 0.772. The molecule has 0 saturated carbocycles. The van der Waals surface area contributed by atoms with Crippen LogP contribution in [-0.2, 0) is 4.79 Å². The molecule has 112 valence electrons. The molecular formula is C14H16FN3O3. The molecular weight excluding hydrogens is 277 g/mol. The Bertz CT molecular complexity index is 597. The fourth-order valence-electron chi connectivity index (χ4n) is 2.75. The van der Waals surface area contributed by atoms with Crippen molar-refractivity contribution in [3.8, 4) is 0 Å². The van der Waals surface area contributed by atoms with E-state index in [9.17, 15) is 14.0 Å². The molecule has 0 atom stereocenters. The van der Waals surface area contributed by atoms with Crippen molar-refractivity contribution in [2.75, 3.05) is 49.5 Å². The van der Waals surface area contributed by atoms with Crippen LogP contribution in [0.15, 0.2) is 12.1 Å². The topological polar surface area (TPSA) is 72.9 Å². The highest BCUT2D eigenvalue weighted by Gasteiger charge is 2.30. The number of halogens is 1. The Morgan fingerprint density at radius 1 is 1.19 bits per heavy atom. The number of hydrogen-bond acceptors (Lipinski definition) is 5. The van der Waals surface area contributed by atoms with Crippen molar-refractivity contribution in [2.24, 2.45) is 0 Å². The van der Waals surface area contributed by atoms with Crippen LogP contribution in [0, 0.1) is 5.82 Å². The maximum atomic E-state index is 14.2. The summed E-state index contributed by atoms with van der Waals surface area (Å²) in [4.78, 5) is 26.8. The van der Waals surface area contributed by atoms with Gasteiger partial charge in [-0.25, -0.2) is 4.39 Å². The zero-order chi connectivity index (χ0) is 15.0. The summed E-state index contributed by atoms with van der Waals surface area (Å²) in [5.74, 6) is -1.90. The smallest absolute Gasteiger partial charge is 0.296 e. The number of nitrogens with one attached hydrogen (secondary N) is 1. The Hall–Kier alpha value is -1.99. The summed E-state index contributed by atoms with van der Waals surface area (Å²) >= 11 is 0. The lowest BCUT2D eigenvalue weighted by Crippen LogP contribution is -2.47. The number of amides is 1. The highest BCUT2D eigenvalue weighted by molar-refractivity contribution is 6.51. The normalized spacial score (nSPS) is 18.9. The standard InChI is InChI=1S/C14H16FN3O3/c15-10-7-9-11(16-14(21)13(9)20)8-12(10)18-3-1-17(2-4-18)5-6-19/h7-8,19H,1-6H2,(H,16,20,21). The third kappa shape index (κ3) is 2.50. The van der Waals surface area contributed by atoms with E-state index in [1.807, 2.05) is 4.90 Å². The molecule has 2 aliphatic heterocycles. The number of β-amino-alcohol motifs (C(OH)–C–C–N with tert-alkyl or cyclic N) is 1. The van der Waals surface area contributed by atoms with E-state index < -0.39 is 17.5 Å². The predicted molar refractivity (Wildman–Crippen MR) is 75.1 cm³/mol. The van der Waals surface area contributed by atoms with E-state index >= 15 is 0 Å². The highest BCUT2D eigenvalue weighted by Crippen LogP contribution is 2.31. The molecule has 1 saturated heterocycles. The van der Waals surface area contributed by atoms with Crippen LogP contribution in [0.1, 0.15) is 10.4 Å². The Morgan fingerprint density at radius 2 is 1.90 bits per heavy atom. The van der Waals surface area contributed by atoms with Crippen LogP contribution >= 0.6 is 0 Å². The molecule has 6 nitrogen and oxygen atoms in total. The fourth-order valence-corrected chi connectivity index (χ4v) is 2.75. The highest BCUT2D eigenvalue weighted by atomic mass is 19.1. The van der Waals surface area contributed by atoms with E-state index in [1.165, 1.54) is 6.07 Å². The van der Waals surface area contributed by atoms with Gasteiger partial charge in [0.2, 0.25) is 0 Å². The number of ketones is 1. The van der Waals surface area contributed by atoms with Gasteiger partial charge in [0.05, 0.1) is 23.5 Å². The lowest BCUT2D eigenvalue weighted by atomic mass is 10.1. The van der Waals surface area contributed by atoms with Gasteiger partial charge < -0.3 is 15.3 Å². The third-order valence-electron chi connectivity index (χ3n) is 3.92. The first kappa shape index (κ1) is 14.0. The van der Waals surface area contributed by atoms with Gasteiger partial charge in [-0.15, -0.1) is 0 Å². The number of benzene rings is 1. The Kier molecular flexibility index (Phi) is 3.60. The van der Waals surface area contributed by atoms with Gasteiger partial charge in [-0.05, 0) is 12.1 Å². The van der Waals surface area contributed by atoms with Crippen LogP contribution in [0.5, 0.6) is 0 Å². The molecule has 7 heteroatoms. The largest absolute Gasteiger partial charge is 0.395 e. The zero-order valence-electron chi connectivity index (χ0n) is 11.4. The summed E-state index contributed by atoms with van der Waals surface area (Å²) in [6.07, 6.45) is 0. The summed E-state index contributed by atoms with van der Waals surface area (Å²) in [5, 5.41) is 11.4. The molecule has 0 bridgehead atoms. The molecule has 1 aromatic carbocycles. The number of carbonyl (C=O) groups is 2. The second kappa shape index (κ2) is 5.42. The van der Waals surface area contributed by atoms with E-state index in [1.54, 1.807) is 0 Å². The molecule has 0 aliphatic carbocycles.